The van der Waals surface area contributed by atoms with Crippen molar-refractivity contribution in [1.29, 1.82) is 0 Å². The minimum atomic E-state index is 0.0176. The van der Waals surface area contributed by atoms with E-state index in [1.165, 1.54) is 38.5 Å². The van der Waals surface area contributed by atoms with E-state index in [2.05, 4.69) is 62.3 Å². The number of nitrogens with zero attached hydrogens (tertiary/aromatic N) is 3. The molecule has 0 fully saturated rings. The van der Waals surface area contributed by atoms with Crippen LogP contribution in [0.2, 0.25) is 0 Å². The number of hydrogen-bond donors (Lipinski definition) is 2. The van der Waals surface area contributed by atoms with Crippen LogP contribution < -0.4 is 5.32 Å². The van der Waals surface area contributed by atoms with E-state index in [0.29, 0.717) is 13.0 Å². The number of aliphatic hydroxyl groups is 1. The van der Waals surface area contributed by atoms with Gasteiger partial charge in [0.25, 0.3) is 5.91 Å². The smallest absolute Gasteiger partial charge is 0.252 e. The van der Waals surface area contributed by atoms with E-state index in [0.717, 1.165) is 46.1 Å². The van der Waals surface area contributed by atoms with Crippen molar-refractivity contribution in [3.05, 3.63) is 88.7 Å². The maximum atomic E-state index is 13.2. The summed E-state index contributed by atoms with van der Waals surface area (Å²) in [5.74, 6) is 0.781. The largest absolute Gasteiger partial charge is 0.396 e. The normalized spacial score (nSPS) is 13.8. The molecule has 0 atom stereocenters. The summed E-state index contributed by atoms with van der Waals surface area (Å²) >= 11 is 1.62. The van der Waals surface area contributed by atoms with Crippen molar-refractivity contribution in [3.63, 3.8) is 0 Å². The molecular weight excluding hydrogens is 468 g/mol. The van der Waals surface area contributed by atoms with Crippen LogP contribution in [0.15, 0.2) is 66.1 Å². The summed E-state index contributed by atoms with van der Waals surface area (Å²) in [6.45, 7) is 1.40. The molecule has 3 heterocycles. The molecule has 7 heteroatoms. The number of thioether (sulfide) groups is 1. The van der Waals surface area contributed by atoms with Crippen LogP contribution in [0.3, 0.4) is 0 Å². The Hall–Kier alpha value is -3.68. The predicted octanol–water partition coefficient (Wildman–Crippen LogP) is 5.07. The fraction of sp³-hybridized carbons (Fsp3) is 0.207. The summed E-state index contributed by atoms with van der Waals surface area (Å²) in [5, 5.41) is 15.9. The number of carbonyl (C=O) groups excluding carboxylic acids is 1. The number of aryl methyl sites for hydroxylation is 1. The lowest BCUT2D eigenvalue weighted by atomic mass is 9.92. The molecule has 2 aliphatic rings. The van der Waals surface area contributed by atoms with Gasteiger partial charge in [0.1, 0.15) is 0 Å². The fourth-order valence-electron chi connectivity index (χ4n) is 5.89. The molecule has 0 saturated heterocycles. The highest BCUT2D eigenvalue weighted by atomic mass is 32.2. The van der Waals surface area contributed by atoms with Crippen molar-refractivity contribution in [1.82, 2.24) is 19.9 Å². The molecule has 0 saturated carbocycles. The summed E-state index contributed by atoms with van der Waals surface area (Å²) in [7, 11) is 0. The van der Waals surface area contributed by atoms with Gasteiger partial charge in [-0.15, -0.1) is 0 Å². The molecule has 1 aliphatic heterocycles. The molecule has 6 nitrogen and oxygen atoms in total. The Labute approximate surface area is 212 Å². The van der Waals surface area contributed by atoms with Gasteiger partial charge >= 0.3 is 0 Å². The molecule has 3 aromatic carbocycles. The van der Waals surface area contributed by atoms with Crippen LogP contribution in [0.1, 0.15) is 39.0 Å². The third-order valence-electron chi connectivity index (χ3n) is 7.33. The SMILES string of the molecule is O=C1NCc2c1c1c(c3c2c2cc(CSc4ncccn4)ccc2n3CCCO)Cc2ccccc2-1. The molecule has 2 aromatic heterocycles. The molecule has 0 radical (unpaired) electrons. The molecule has 1 amide bonds. The predicted molar refractivity (Wildman–Crippen MR) is 142 cm³/mol. The zero-order chi connectivity index (χ0) is 24.2. The van der Waals surface area contributed by atoms with Crippen LogP contribution in [-0.4, -0.2) is 32.2 Å². The van der Waals surface area contributed by atoms with Crippen LogP contribution in [0.4, 0.5) is 0 Å². The quantitative estimate of drug-likeness (QED) is 0.251. The van der Waals surface area contributed by atoms with E-state index in [4.69, 9.17) is 0 Å². The average molecular weight is 493 g/mol. The van der Waals surface area contributed by atoms with Crippen molar-refractivity contribution < 1.29 is 9.90 Å². The number of aromatic nitrogens is 3. The van der Waals surface area contributed by atoms with Gasteiger partial charge in [-0.1, -0.05) is 42.1 Å². The molecular formula is C29H24N4O2S. The Morgan fingerprint density at radius 1 is 1.03 bits per heavy atom. The molecule has 0 bridgehead atoms. The molecule has 178 valence electrons. The first kappa shape index (κ1) is 21.6. The minimum Gasteiger partial charge on any atom is -0.396 e. The van der Waals surface area contributed by atoms with E-state index in [1.807, 2.05) is 6.07 Å². The number of hydrogen-bond acceptors (Lipinski definition) is 5. The molecule has 2 N–H and O–H groups in total. The van der Waals surface area contributed by atoms with E-state index in [9.17, 15) is 9.90 Å². The number of aliphatic hydroxyl groups excluding tert-OH is 1. The van der Waals surface area contributed by atoms with Crippen molar-refractivity contribution in [3.8, 4) is 11.1 Å². The van der Waals surface area contributed by atoms with Crippen molar-refractivity contribution in [2.75, 3.05) is 6.61 Å². The molecule has 1 aliphatic carbocycles. The summed E-state index contributed by atoms with van der Waals surface area (Å²) in [6, 6.07) is 16.9. The first-order valence-corrected chi connectivity index (χ1v) is 13.2. The van der Waals surface area contributed by atoms with Crippen molar-refractivity contribution in [2.24, 2.45) is 0 Å². The summed E-state index contributed by atoms with van der Waals surface area (Å²) in [4.78, 5) is 21.8. The maximum Gasteiger partial charge on any atom is 0.252 e. The van der Waals surface area contributed by atoms with Crippen molar-refractivity contribution in [2.45, 2.75) is 36.8 Å². The maximum absolute atomic E-state index is 13.2. The molecule has 0 unspecified atom stereocenters. The highest BCUT2D eigenvalue weighted by Crippen LogP contribution is 2.48. The van der Waals surface area contributed by atoms with Gasteiger partial charge in [-0.3, -0.25) is 4.79 Å². The molecule has 0 spiro atoms. The van der Waals surface area contributed by atoms with Crippen LogP contribution in [-0.2, 0) is 25.3 Å². The fourth-order valence-corrected chi connectivity index (χ4v) is 6.63. The lowest BCUT2D eigenvalue weighted by Crippen LogP contribution is -2.13. The zero-order valence-corrected chi connectivity index (χ0v) is 20.4. The highest BCUT2D eigenvalue weighted by molar-refractivity contribution is 7.98. The average Bonchev–Trinajstić information content (AvgIpc) is 3.58. The van der Waals surface area contributed by atoms with Gasteiger partial charge in [-0.25, -0.2) is 9.97 Å². The van der Waals surface area contributed by atoms with Gasteiger partial charge in [0, 0.05) is 66.1 Å². The lowest BCUT2D eigenvalue weighted by Gasteiger charge is -2.13. The number of fused-ring (bicyclic) bond motifs is 10. The molecule has 5 aromatic rings. The van der Waals surface area contributed by atoms with Gasteiger partial charge in [0.15, 0.2) is 5.16 Å². The Bertz CT molecular complexity index is 1680. The molecule has 7 rings (SSSR count). The number of nitrogens with one attached hydrogen (secondary N) is 1. The number of amides is 1. The first-order chi connectivity index (χ1) is 17.7. The monoisotopic (exact) mass is 492 g/mol. The number of rotatable bonds is 6. The van der Waals surface area contributed by atoms with Crippen LogP contribution in [0.5, 0.6) is 0 Å². The van der Waals surface area contributed by atoms with E-state index in [-0.39, 0.29) is 12.5 Å². The van der Waals surface area contributed by atoms with E-state index < -0.39 is 0 Å². The number of benzene rings is 3. The Morgan fingerprint density at radius 2 is 1.89 bits per heavy atom. The summed E-state index contributed by atoms with van der Waals surface area (Å²) in [5.41, 5.74) is 10.2. The zero-order valence-electron chi connectivity index (χ0n) is 19.6. The van der Waals surface area contributed by atoms with E-state index >= 15 is 0 Å². The third kappa shape index (κ3) is 3.20. The van der Waals surface area contributed by atoms with Gasteiger partial charge < -0.3 is 15.0 Å². The first-order valence-electron chi connectivity index (χ1n) is 12.2. The van der Waals surface area contributed by atoms with Crippen LogP contribution >= 0.6 is 11.8 Å². The van der Waals surface area contributed by atoms with Gasteiger partial charge in [0.2, 0.25) is 0 Å². The van der Waals surface area contributed by atoms with Crippen LogP contribution in [0, 0.1) is 0 Å². The standard InChI is InChI=1S/C29H24N4O2S/c34-12-4-11-33-23-8-7-17(16-36-29-30-9-3-10-31-29)13-20(23)25-22-15-32-28(35)26(22)24-19-6-2-1-5-18(19)14-21(24)27(25)33/h1-3,5-10,13,34H,4,11-12,14-16H2,(H,32,35). The van der Waals surface area contributed by atoms with Gasteiger partial charge in [-0.2, -0.15) is 0 Å². The third-order valence-corrected chi connectivity index (χ3v) is 8.27. The summed E-state index contributed by atoms with van der Waals surface area (Å²) in [6.07, 6.45) is 5.02. The topological polar surface area (TPSA) is 80.0 Å². The number of carbonyl (C=O) groups is 1. The Balaban J connectivity index is 1.48. The second-order valence-corrected chi connectivity index (χ2v) is 10.3. The van der Waals surface area contributed by atoms with Crippen molar-refractivity contribution >= 4 is 39.5 Å². The van der Waals surface area contributed by atoms with Gasteiger partial charge in [0.05, 0.1) is 11.1 Å². The van der Waals surface area contributed by atoms with Crippen LogP contribution in [0.25, 0.3) is 32.9 Å². The lowest BCUT2D eigenvalue weighted by molar-refractivity contribution is 0.0966. The Morgan fingerprint density at radius 3 is 2.75 bits per heavy atom. The molecule has 36 heavy (non-hydrogen) atoms. The Kier molecular flexibility index (Phi) is 5.08. The van der Waals surface area contributed by atoms with E-state index in [1.54, 1.807) is 24.2 Å². The van der Waals surface area contributed by atoms with Gasteiger partial charge in [-0.05, 0) is 52.4 Å². The second-order valence-electron chi connectivity index (χ2n) is 9.35. The summed E-state index contributed by atoms with van der Waals surface area (Å²) < 4.78 is 2.37. The highest BCUT2D eigenvalue weighted by Gasteiger charge is 2.35. The minimum absolute atomic E-state index is 0.0176. The second kappa shape index (κ2) is 8.47.